The molecule has 0 bridgehead atoms. The second-order valence-electron chi connectivity index (χ2n) is 5.11. The van der Waals surface area contributed by atoms with Crippen LogP contribution in [0.2, 0.25) is 5.02 Å². The molecule has 8 heteroatoms. The highest BCUT2D eigenvalue weighted by Crippen LogP contribution is 2.28. The molecule has 1 aromatic heterocycles. The molecule has 0 aliphatic rings. The Bertz CT molecular complexity index is 796. The molecule has 7 nitrogen and oxygen atoms in total. The average molecular weight is 363 g/mol. The topological polar surface area (TPSA) is 107 Å². The summed E-state index contributed by atoms with van der Waals surface area (Å²) in [6.45, 7) is 2.83. The molecule has 0 radical (unpaired) electrons. The van der Waals surface area contributed by atoms with Crippen LogP contribution in [0.25, 0.3) is 0 Å². The first-order chi connectivity index (χ1) is 12.0. The van der Waals surface area contributed by atoms with Crippen molar-refractivity contribution in [3.8, 4) is 5.75 Å². The van der Waals surface area contributed by atoms with Crippen molar-refractivity contribution in [3.05, 3.63) is 46.1 Å². The number of hydrogen-bond donors (Lipinski definition) is 4. The maximum absolute atomic E-state index is 11.5. The van der Waals surface area contributed by atoms with Gasteiger partial charge >= 0.3 is 5.97 Å². The van der Waals surface area contributed by atoms with Crippen molar-refractivity contribution in [2.24, 2.45) is 0 Å². The number of aromatic nitrogens is 1. The number of pyridine rings is 1. The summed E-state index contributed by atoms with van der Waals surface area (Å²) in [5.41, 5.74) is 1.57. The van der Waals surface area contributed by atoms with E-state index in [4.69, 9.17) is 21.7 Å². The fraction of sp³-hybridized carbons (Fsp3) is 0.235. The van der Waals surface area contributed by atoms with Gasteiger partial charge in [0.05, 0.1) is 23.4 Å². The first kappa shape index (κ1) is 18.5. The lowest BCUT2D eigenvalue weighted by Gasteiger charge is -2.16. The lowest BCUT2D eigenvalue weighted by molar-refractivity contribution is 0.0697. The Morgan fingerprint density at radius 2 is 2.20 bits per heavy atom. The number of aromatic carboxylic acids is 1. The Balaban J connectivity index is 2.36. The fourth-order valence-corrected chi connectivity index (χ4v) is 2.62. The third kappa shape index (κ3) is 4.19. The van der Waals surface area contributed by atoms with Gasteiger partial charge in [0, 0.05) is 25.5 Å². The number of anilines is 2. The summed E-state index contributed by atoms with van der Waals surface area (Å²) in [5, 5.41) is 23.6. The van der Waals surface area contributed by atoms with Gasteiger partial charge in [0.2, 0.25) is 0 Å². The van der Waals surface area contributed by atoms with E-state index in [1.807, 2.05) is 13.0 Å². The minimum atomic E-state index is -1.12. The van der Waals surface area contributed by atoms with Crippen molar-refractivity contribution in [1.29, 1.82) is 5.41 Å². The summed E-state index contributed by atoms with van der Waals surface area (Å²) >= 11 is 6.11. The van der Waals surface area contributed by atoms with Crippen LogP contribution in [0.4, 0.5) is 11.5 Å². The van der Waals surface area contributed by atoms with E-state index >= 15 is 0 Å². The van der Waals surface area contributed by atoms with Crippen molar-refractivity contribution in [3.63, 3.8) is 0 Å². The monoisotopic (exact) mass is 362 g/mol. The van der Waals surface area contributed by atoms with E-state index in [2.05, 4.69) is 15.6 Å². The largest absolute Gasteiger partial charge is 0.495 e. The standard InChI is InChI=1S/C17H19ClN4O3/c1-3-20-16-11(7-19)15(12(9-22-16)17(23)24)21-8-10-4-5-14(25-2)13(18)6-10/h4-7,9,19H,3,8H2,1-2H3,(H,23,24)(H2,20,21,22). The lowest BCUT2D eigenvalue weighted by atomic mass is 10.1. The zero-order valence-corrected chi connectivity index (χ0v) is 14.6. The molecule has 0 fully saturated rings. The smallest absolute Gasteiger partial charge is 0.339 e. The van der Waals surface area contributed by atoms with Gasteiger partial charge in [-0.2, -0.15) is 0 Å². The minimum Gasteiger partial charge on any atom is -0.495 e. The van der Waals surface area contributed by atoms with Crippen LogP contribution in [0.3, 0.4) is 0 Å². The molecule has 4 N–H and O–H groups in total. The Kier molecular flexibility index (Phi) is 6.19. The summed E-state index contributed by atoms with van der Waals surface area (Å²) in [6.07, 6.45) is 2.36. The van der Waals surface area contributed by atoms with Crippen LogP contribution < -0.4 is 15.4 Å². The van der Waals surface area contributed by atoms with Gasteiger partial charge in [0.15, 0.2) is 0 Å². The van der Waals surface area contributed by atoms with Crippen LogP contribution in [0.1, 0.15) is 28.4 Å². The molecule has 2 aromatic rings. The molecule has 1 heterocycles. The van der Waals surface area contributed by atoms with Crippen LogP contribution in [0.5, 0.6) is 5.75 Å². The number of carboxylic acids is 1. The third-order valence-electron chi connectivity index (χ3n) is 3.52. The molecule has 0 aliphatic heterocycles. The number of methoxy groups -OCH3 is 1. The van der Waals surface area contributed by atoms with Crippen molar-refractivity contribution >= 4 is 35.3 Å². The zero-order chi connectivity index (χ0) is 18.4. The lowest BCUT2D eigenvalue weighted by Crippen LogP contribution is -2.13. The molecule has 0 unspecified atom stereocenters. The number of ether oxygens (including phenoxy) is 1. The van der Waals surface area contributed by atoms with E-state index < -0.39 is 5.97 Å². The molecule has 1 aromatic carbocycles. The Hall–Kier alpha value is -2.80. The van der Waals surface area contributed by atoms with E-state index in [-0.39, 0.29) is 5.56 Å². The van der Waals surface area contributed by atoms with Gasteiger partial charge < -0.3 is 25.9 Å². The predicted octanol–water partition coefficient (Wildman–Crippen LogP) is 3.48. The quantitative estimate of drug-likeness (QED) is 0.535. The van der Waals surface area contributed by atoms with Gasteiger partial charge in [0.25, 0.3) is 0 Å². The van der Waals surface area contributed by atoms with Crippen LogP contribution >= 0.6 is 11.6 Å². The van der Waals surface area contributed by atoms with Gasteiger partial charge in [-0.3, -0.25) is 0 Å². The maximum atomic E-state index is 11.5. The SMILES string of the molecule is CCNc1ncc(C(=O)O)c(NCc2ccc(OC)c(Cl)c2)c1C=N. The highest BCUT2D eigenvalue weighted by atomic mass is 35.5. The number of rotatable bonds is 8. The molecule has 0 saturated heterocycles. The highest BCUT2D eigenvalue weighted by Gasteiger charge is 2.17. The van der Waals surface area contributed by atoms with Gasteiger partial charge in [-0.25, -0.2) is 9.78 Å². The Morgan fingerprint density at radius 1 is 1.44 bits per heavy atom. The van der Waals surface area contributed by atoms with Gasteiger partial charge in [-0.05, 0) is 24.6 Å². The van der Waals surface area contributed by atoms with Crippen molar-refractivity contribution < 1.29 is 14.6 Å². The van der Waals surface area contributed by atoms with Gasteiger partial charge in [-0.1, -0.05) is 17.7 Å². The molecule has 25 heavy (non-hydrogen) atoms. The second-order valence-corrected chi connectivity index (χ2v) is 5.52. The van der Waals surface area contributed by atoms with Gasteiger partial charge in [-0.15, -0.1) is 0 Å². The first-order valence-electron chi connectivity index (χ1n) is 7.58. The molecule has 0 saturated carbocycles. The van der Waals surface area contributed by atoms with E-state index in [0.29, 0.717) is 40.9 Å². The van der Waals surface area contributed by atoms with E-state index in [0.717, 1.165) is 11.8 Å². The fourth-order valence-electron chi connectivity index (χ4n) is 2.34. The average Bonchev–Trinajstić information content (AvgIpc) is 2.60. The molecule has 0 spiro atoms. The van der Waals surface area contributed by atoms with Crippen LogP contribution in [-0.2, 0) is 6.54 Å². The number of carboxylic acid groups (broad SMARTS) is 1. The van der Waals surface area contributed by atoms with Crippen LogP contribution in [-0.4, -0.2) is 35.9 Å². The normalized spacial score (nSPS) is 10.2. The van der Waals surface area contributed by atoms with Crippen LogP contribution in [0.15, 0.2) is 24.4 Å². The first-order valence-corrected chi connectivity index (χ1v) is 7.96. The summed E-state index contributed by atoms with van der Waals surface area (Å²) in [5.74, 6) is -0.0955. The second kappa shape index (κ2) is 8.34. The number of carbonyl (C=O) groups is 1. The molecular weight excluding hydrogens is 344 g/mol. The number of halogens is 1. The zero-order valence-electron chi connectivity index (χ0n) is 13.9. The van der Waals surface area contributed by atoms with Gasteiger partial charge in [0.1, 0.15) is 17.1 Å². The number of benzene rings is 1. The van der Waals surface area contributed by atoms with E-state index in [9.17, 15) is 9.90 Å². The molecule has 132 valence electrons. The molecule has 0 amide bonds. The molecule has 0 aliphatic carbocycles. The molecule has 0 atom stereocenters. The van der Waals surface area contributed by atoms with E-state index in [1.54, 1.807) is 12.1 Å². The Morgan fingerprint density at radius 3 is 2.76 bits per heavy atom. The van der Waals surface area contributed by atoms with Crippen molar-refractivity contribution in [1.82, 2.24) is 4.98 Å². The molecular formula is C17H19ClN4O3. The maximum Gasteiger partial charge on any atom is 0.339 e. The minimum absolute atomic E-state index is 0.000221. The number of nitrogens with zero attached hydrogens (tertiary/aromatic N) is 1. The predicted molar refractivity (Wildman–Crippen MR) is 98.6 cm³/mol. The van der Waals surface area contributed by atoms with E-state index in [1.165, 1.54) is 13.3 Å². The molecule has 2 rings (SSSR count). The van der Waals surface area contributed by atoms with Crippen molar-refractivity contribution in [2.45, 2.75) is 13.5 Å². The summed E-state index contributed by atoms with van der Waals surface area (Å²) in [7, 11) is 1.54. The van der Waals surface area contributed by atoms with Crippen molar-refractivity contribution in [2.75, 3.05) is 24.3 Å². The summed E-state index contributed by atoms with van der Waals surface area (Å²) < 4.78 is 5.12. The summed E-state index contributed by atoms with van der Waals surface area (Å²) in [6, 6.07) is 5.31. The highest BCUT2D eigenvalue weighted by molar-refractivity contribution is 6.32. The number of hydrogen-bond acceptors (Lipinski definition) is 6. The number of nitrogens with one attached hydrogen (secondary N) is 3. The van der Waals surface area contributed by atoms with Crippen LogP contribution in [0, 0.1) is 5.41 Å². The summed E-state index contributed by atoms with van der Waals surface area (Å²) in [4.78, 5) is 15.6. The Labute approximate surface area is 150 Å². The third-order valence-corrected chi connectivity index (χ3v) is 3.82.